The summed E-state index contributed by atoms with van der Waals surface area (Å²) in [6.07, 6.45) is -5.07. The molecule has 2 aromatic rings. The Morgan fingerprint density at radius 2 is 1.57 bits per heavy atom. The average molecular weight is 323 g/mol. The van der Waals surface area contributed by atoms with Crippen LogP contribution in [0.1, 0.15) is 5.56 Å². The van der Waals surface area contributed by atoms with Gasteiger partial charge in [-0.2, -0.15) is 13.2 Å². The molecule has 0 saturated carbocycles. The molecule has 2 aromatic carbocycles. The molecular weight excluding hydrogens is 307 g/mol. The summed E-state index contributed by atoms with van der Waals surface area (Å²) in [5.41, 5.74) is 3.15. The highest BCUT2D eigenvalue weighted by Crippen LogP contribution is 2.19. The number of halogens is 3. The van der Waals surface area contributed by atoms with Gasteiger partial charge in [0.05, 0.1) is 0 Å². The summed E-state index contributed by atoms with van der Waals surface area (Å²) in [6, 6.07) is 17.6. The lowest BCUT2D eigenvalue weighted by Gasteiger charge is -2.09. The second-order valence-electron chi connectivity index (χ2n) is 4.93. The number of amides is 1. The van der Waals surface area contributed by atoms with Crippen LogP contribution in [-0.4, -0.2) is 25.4 Å². The van der Waals surface area contributed by atoms with Crippen LogP contribution in [0.15, 0.2) is 54.6 Å². The molecule has 0 aromatic heterocycles. The molecule has 0 bridgehead atoms. The summed E-state index contributed by atoms with van der Waals surface area (Å²) in [4.78, 5) is 11.1. The Kier molecular flexibility index (Phi) is 5.62. The molecule has 0 aliphatic rings. The fourth-order valence-corrected chi connectivity index (χ4v) is 2.00. The molecule has 6 heteroatoms. The number of carbonyl (C=O) groups is 1. The van der Waals surface area contributed by atoms with Gasteiger partial charge >= 0.3 is 12.3 Å². The van der Waals surface area contributed by atoms with Crippen LogP contribution in [0, 0.1) is 0 Å². The standard InChI is InChI=1S/C17H16F3NO2/c18-17(19,20)12-23-16(22)21-11-10-13-6-8-15(9-7-13)14-4-2-1-3-5-14/h1-9H,10-12H2,(H,21,22). The summed E-state index contributed by atoms with van der Waals surface area (Å²) in [7, 11) is 0. The number of nitrogens with one attached hydrogen (secondary N) is 1. The van der Waals surface area contributed by atoms with Gasteiger partial charge < -0.3 is 10.1 Å². The second kappa shape index (κ2) is 7.67. The molecular formula is C17H16F3NO2. The van der Waals surface area contributed by atoms with E-state index in [1.165, 1.54) is 0 Å². The molecule has 1 amide bonds. The molecule has 122 valence electrons. The Morgan fingerprint density at radius 3 is 2.17 bits per heavy atom. The topological polar surface area (TPSA) is 38.3 Å². The number of hydrogen-bond donors (Lipinski definition) is 1. The normalized spacial score (nSPS) is 11.1. The van der Waals surface area contributed by atoms with Crippen molar-refractivity contribution in [1.29, 1.82) is 0 Å². The molecule has 0 saturated heterocycles. The van der Waals surface area contributed by atoms with Crippen molar-refractivity contribution in [2.45, 2.75) is 12.6 Å². The summed E-state index contributed by atoms with van der Waals surface area (Å²) in [5.74, 6) is 0. The van der Waals surface area contributed by atoms with E-state index < -0.39 is 18.9 Å². The largest absolute Gasteiger partial charge is 0.440 e. The van der Waals surface area contributed by atoms with Gasteiger partial charge in [-0.05, 0) is 23.1 Å². The third kappa shape index (κ3) is 6.02. The molecule has 3 nitrogen and oxygen atoms in total. The van der Waals surface area contributed by atoms with E-state index in [0.29, 0.717) is 6.42 Å². The van der Waals surface area contributed by atoms with Crippen LogP contribution in [0.5, 0.6) is 0 Å². The van der Waals surface area contributed by atoms with E-state index in [2.05, 4.69) is 10.1 Å². The van der Waals surface area contributed by atoms with Gasteiger partial charge in [-0.25, -0.2) is 4.79 Å². The minimum Gasteiger partial charge on any atom is -0.440 e. The Labute approximate surface area is 132 Å². The number of benzene rings is 2. The highest BCUT2D eigenvalue weighted by molar-refractivity contribution is 5.67. The molecule has 0 spiro atoms. The van der Waals surface area contributed by atoms with Gasteiger partial charge in [-0.15, -0.1) is 0 Å². The van der Waals surface area contributed by atoms with Crippen molar-refractivity contribution < 1.29 is 22.7 Å². The van der Waals surface area contributed by atoms with E-state index in [4.69, 9.17) is 0 Å². The van der Waals surface area contributed by atoms with Crippen molar-refractivity contribution in [2.24, 2.45) is 0 Å². The third-order valence-electron chi connectivity index (χ3n) is 3.11. The second-order valence-corrected chi connectivity index (χ2v) is 4.93. The number of rotatable bonds is 5. The summed E-state index contributed by atoms with van der Waals surface area (Å²) in [5, 5.41) is 2.29. The minimum absolute atomic E-state index is 0.210. The molecule has 1 N–H and O–H groups in total. The average Bonchev–Trinajstić information content (AvgIpc) is 2.54. The molecule has 0 aliphatic heterocycles. The summed E-state index contributed by atoms with van der Waals surface area (Å²) in [6.45, 7) is -1.37. The van der Waals surface area contributed by atoms with E-state index in [1.807, 2.05) is 54.6 Å². The smallest absolute Gasteiger partial charge is 0.422 e. The maximum atomic E-state index is 11.9. The van der Waals surface area contributed by atoms with Gasteiger partial charge in [0, 0.05) is 6.54 Å². The van der Waals surface area contributed by atoms with Crippen LogP contribution in [0.3, 0.4) is 0 Å². The Morgan fingerprint density at radius 1 is 0.957 bits per heavy atom. The first-order valence-corrected chi connectivity index (χ1v) is 7.06. The molecule has 0 radical (unpaired) electrons. The summed E-state index contributed by atoms with van der Waals surface area (Å²) < 4.78 is 39.7. The van der Waals surface area contributed by atoms with Crippen molar-refractivity contribution >= 4 is 6.09 Å². The zero-order valence-corrected chi connectivity index (χ0v) is 12.3. The van der Waals surface area contributed by atoms with Gasteiger partial charge in [-0.1, -0.05) is 54.6 Å². The SMILES string of the molecule is O=C(NCCc1ccc(-c2ccccc2)cc1)OCC(F)(F)F. The van der Waals surface area contributed by atoms with Gasteiger partial charge in [0.2, 0.25) is 0 Å². The van der Waals surface area contributed by atoms with E-state index in [1.54, 1.807) is 0 Å². The lowest BCUT2D eigenvalue weighted by Crippen LogP contribution is -2.30. The highest BCUT2D eigenvalue weighted by atomic mass is 19.4. The zero-order valence-electron chi connectivity index (χ0n) is 12.3. The van der Waals surface area contributed by atoms with Crippen LogP contribution >= 0.6 is 0 Å². The van der Waals surface area contributed by atoms with Crippen LogP contribution in [0.4, 0.5) is 18.0 Å². The predicted octanol–water partition coefficient (Wildman–Crippen LogP) is 4.18. The molecule has 0 fully saturated rings. The van der Waals surface area contributed by atoms with E-state index in [9.17, 15) is 18.0 Å². The molecule has 0 atom stereocenters. The summed E-state index contributed by atoms with van der Waals surface area (Å²) >= 11 is 0. The monoisotopic (exact) mass is 323 g/mol. The van der Waals surface area contributed by atoms with Crippen molar-refractivity contribution in [3.8, 4) is 11.1 Å². The number of ether oxygens (including phenoxy) is 1. The molecule has 0 heterocycles. The zero-order chi connectivity index (χ0) is 16.7. The van der Waals surface area contributed by atoms with Crippen molar-refractivity contribution in [2.75, 3.05) is 13.2 Å². The van der Waals surface area contributed by atoms with Crippen LogP contribution in [-0.2, 0) is 11.2 Å². The first-order chi connectivity index (χ1) is 10.9. The third-order valence-corrected chi connectivity index (χ3v) is 3.11. The fourth-order valence-electron chi connectivity index (χ4n) is 2.00. The fraction of sp³-hybridized carbons (Fsp3) is 0.235. The first-order valence-electron chi connectivity index (χ1n) is 7.06. The first kappa shape index (κ1) is 16.9. The number of alkyl carbamates (subject to hydrolysis) is 1. The Hall–Kier alpha value is -2.50. The van der Waals surface area contributed by atoms with Crippen molar-refractivity contribution in [3.63, 3.8) is 0 Å². The number of hydrogen-bond acceptors (Lipinski definition) is 2. The van der Waals surface area contributed by atoms with Crippen LogP contribution in [0.25, 0.3) is 11.1 Å². The van der Waals surface area contributed by atoms with Crippen LogP contribution < -0.4 is 5.32 Å². The lowest BCUT2D eigenvalue weighted by atomic mass is 10.0. The number of carbonyl (C=O) groups excluding carboxylic acids is 1. The van der Waals surface area contributed by atoms with Gasteiger partial charge in [-0.3, -0.25) is 0 Å². The Bertz CT molecular complexity index is 625. The predicted molar refractivity (Wildman–Crippen MR) is 81.0 cm³/mol. The van der Waals surface area contributed by atoms with Gasteiger partial charge in [0.15, 0.2) is 6.61 Å². The van der Waals surface area contributed by atoms with Crippen molar-refractivity contribution in [1.82, 2.24) is 5.32 Å². The van der Waals surface area contributed by atoms with E-state index in [0.717, 1.165) is 16.7 Å². The van der Waals surface area contributed by atoms with E-state index >= 15 is 0 Å². The van der Waals surface area contributed by atoms with Gasteiger partial charge in [0.1, 0.15) is 0 Å². The maximum Gasteiger partial charge on any atom is 0.422 e. The lowest BCUT2D eigenvalue weighted by molar-refractivity contribution is -0.160. The molecule has 2 rings (SSSR count). The molecule has 0 aliphatic carbocycles. The highest BCUT2D eigenvalue weighted by Gasteiger charge is 2.29. The molecule has 23 heavy (non-hydrogen) atoms. The van der Waals surface area contributed by atoms with Gasteiger partial charge in [0.25, 0.3) is 0 Å². The molecule has 0 unspecified atom stereocenters. The number of alkyl halides is 3. The minimum atomic E-state index is -4.51. The van der Waals surface area contributed by atoms with E-state index in [-0.39, 0.29) is 6.54 Å². The van der Waals surface area contributed by atoms with Crippen molar-refractivity contribution in [3.05, 3.63) is 60.2 Å². The maximum absolute atomic E-state index is 11.9. The Balaban J connectivity index is 1.77. The van der Waals surface area contributed by atoms with Crippen LogP contribution in [0.2, 0.25) is 0 Å². The quantitative estimate of drug-likeness (QED) is 0.896.